The van der Waals surface area contributed by atoms with Gasteiger partial charge in [-0.25, -0.2) is 4.39 Å². The van der Waals surface area contributed by atoms with Gasteiger partial charge in [0.15, 0.2) is 0 Å². The second-order valence-corrected chi connectivity index (χ2v) is 7.54. The minimum Gasteiger partial charge on any atom is -0.383 e. The van der Waals surface area contributed by atoms with Crippen molar-refractivity contribution in [1.29, 1.82) is 0 Å². The van der Waals surface area contributed by atoms with Crippen LogP contribution in [0.4, 0.5) is 4.39 Å². The number of rotatable bonds is 6. The fourth-order valence-corrected chi connectivity index (χ4v) is 2.77. The highest BCUT2D eigenvalue weighted by Crippen LogP contribution is 2.19. The first kappa shape index (κ1) is 18.9. The smallest absolute Gasteiger partial charge is 0.306 e. The zero-order valence-corrected chi connectivity index (χ0v) is 15.1. The first-order valence-corrected chi connectivity index (χ1v) is 9.52. The Labute approximate surface area is 147 Å². The van der Waals surface area contributed by atoms with Gasteiger partial charge in [0.1, 0.15) is 11.6 Å². The minimum absolute atomic E-state index is 0.1000. The van der Waals surface area contributed by atoms with Gasteiger partial charge >= 0.3 is 10.1 Å². The van der Waals surface area contributed by atoms with Gasteiger partial charge in [0, 0.05) is 18.2 Å². The summed E-state index contributed by atoms with van der Waals surface area (Å²) >= 11 is 0. The summed E-state index contributed by atoms with van der Waals surface area (Å²) in [6.45, 7) is 4.02. The molecule has 0 saturated heterocycles. The first-order valence-electron chi connectivity index (χ1n) is 7.70. The zero-order valence-electron chi connectivity index (χ0n) is 14.3. The van der Waals surface area contributed by atoms with Crippen molar-refractivity contribution >= 4 is 16.0 Å². The minimum atomic E-state index is -3.62. The Bertz CT molecular complexity index is 848. The van der Waals surface area contributed by atoms with Crippen LogP contribution in [0.2, 0.25) is 0 Å². The van der Waals surface area contributed by atoms with E-state index in [1.54, 1.807) is 23.1 Å². The van der Waals surface area contributed by atoms with Crippen molar-refractivity contribution in [3.63, 3.8) is 0 Å². The van der Waals surface area contributed by atoms with Crippen LogP contribution in [0.1, 0.15) is 29.8 Å². The van der Waals surface area contributed by atoms with Gasteiger partial charge in [0.25, 0.3) is 5.91 Å². The molecule has 1 amide bonds. The van der Waals surface area contributed by atoms with E-state index in [0.29, 0.717) is 5.56 Å². The van der Waals surface area contributed by atoms with Crippen LogP contribution in [-0.2, 0) is 16.7 Å². The number of carbonyl (C=O) groups excluding carboxylic acids is 1. The SMILES string of the molecule is CC(C)N(Cc1cccc(OS(C)(=O)=O)c1)C(=O)c1ccc(F)cc1. The lowest BCUT2D eigenvalue weighted by Crippen LogP contribution is -2.36. The second-order valence-electron chi connectivity index (χ2n) is 5.97. The summed E-state index contributed by atoms with van der Waals surface area (Å²) in [5.74, 6) is -0.444. The van der Waals surface area contributed by atoms with Gasteiger partial charge in [-0.05, 0) is 55.8 Å². The van der Waals surface area contributed by atoms with Gasteiger partial charge in [0.2, 0.25) is 0 Å². The van der Waals surface area contributed by atoms with E-state index in [-0.39, 0.29) is 24.2 Å². The molecular weight excluding hydrogens is 345 g/mol. The summed E-state index contributed by atoms with van der Waals surface area (Å²) in [4.78, 5) is 14.3. The number of halogens is 1. The Morgan fingerprint density at radius 2 is 1.80 bits per heavy atom. The molecule has 0 N–H and O–H groups in total. The van der Waals surface area contributed by atoms with Crippen LogP contribution in [0.15, 0.2) is 48.5 Å². The molecule has 2 aromatic rings. The molecule has 0 unspecified atom stereocenters. The number of carbonyl (C=O) groups is 1. The van der Waals surface area contributed by atoms with Gasteiger partial charge in [-0.3, -0.25) is 4.79 Å². The Hall–Kier alpha value is -2.41. The van der Waals surface area contributed by atoms with Gasteiger partial charge in [0.05, 0.1) is 6.26 Å². The summed E-state index contributed by atoms with van der Waals surface area (Å²) in [6, 6.07) is 11.8. The summed E-state index contributed by atoms with van der Waals surface area (Å²) in [5, 5.41) is 0. The molecule has 0 atom stereocenters. The molecule has 0 aliphatic carbocycles. The maximum Gasteiger partial charge on any atom is 0.306 e. The van der Waals surface area contributed by atoms with E-state index in [1.807, 2.05) is 13.8 Å². The Kier molecular flexibility index (Phi) is 5.79. The third kappa shape index (κ3) is 5.56. The first-order chi connectivity index (χ1) is 11.7. The van der Waals surface area contributed by atoms with Crippen molar-refractivity contribution in [3.8, 4) is 5.75 Å². The molecule has 0 fully saturated rings. The lowest BCUT2D eigenvalue weighted by molar-refractivity contribution is 0.0690. The van der Waals surface area contributed by atoms with Crippen LogP contribution in [0, 0.1) is 5.82 Å². The molecule has 0 saturated carbocycles. The van der Waals surface area contributed by atoms with Crippen LogP contribution >= 0.6 is 0 Å². The highest BCUT2D eigenvalue weighted by Gasteiger charge is 2.19. The molecule has 0 radical (unpaired) electrons. The zero-order chi connectivity index (χ0) is 18.6. The number of amides is 1. The molecule has 0 aliphatic heterocycles. The molecule has 0 heterocycles. The Morgan fingerprint density at radius 1 is 1.16 bits per heavy atom. The maximum atomic E-state index is 13.0. The van der Waals surface area contributed by atoms with Gasteiger partial charge in [-0.1, -0.05) is 12.1 Å². The highest BCUT2D eigenvalue weighted by molar-refractivity contribution is 7.86. The average molecular weight is 365 g/mol. The van der Waals surface area contributed by atoms with Crippen molar-refractivity contribution in [2.75, 3.05) is 6.26 Å². The molecular formula is C18H20FNO4S. The predicted octanol–water partition coefficient (Wildman–Crippen LogP) is 3.21. The van der Waals surface area contributed by atoms with Crippen LogP contribution in [0.5, 0.6) is 5.75 Å². The largest absolute Gasteiger partial charge is 0.383 e. The lowest BCUT2D eigenvalue weighted by atomic mass is 10.1. The molecule has 7 heteroatoms. The van der Waals surface area contributed by atoms with E-state index in [0.717, 1.165) is 11.8 Å². The summed E-state index contributed by atoms with van der Waals surface area (Å²) in [6.07, 6.45) is 0.970. The van der Waals surface area contributed by atoms with Crippen molar-refractivity contribution in [2.24, 2.45) is 0 Å². The predicted molar refractivity (Wildman–Crippen MR) is 93.3 cm³/mol. The quantitative estimate of drug-likeness (QED) is 0.738. The molecule has 0 bridgehead atoms. The van der Waals surface area contributed by atoms with E-state index < -0.39 is 15.9 Å². The Balaban J connectivity index is 2.23. The summed E-state index contributed by atoms with van der Waals surface area (Å²) < 4.78 is 40.4. The summed E-state index contributed by atoms with van der Waals surface area (Å²) in [5.41, 5.74) is 1.11. The molecule has 0 aromatic heterocycles. The number of hydrogen-bond acceptors (Lipinski definition) is 4. The van der Waals surface area contributed by atoms with Crippen molar-refractivity contribution in [3.05, 3.63) is 65.5 Å². The van der Waals surface area contributed by atoms with Gasteiger partial charge in [-0.15, -0.1) is 0 Å². The lowest BCUT2D eigenvalue weighted by Gasteiger charge is -2.27. The van der Waals surface area contributed by atoms with Crippen molar-refractivity contribution in [2.45, 2.75) is 26.4 Å². The van der Waals surface area contributed by atoms with Gasteiger partial charge in [-0.2, -0.15) is 8.42 Å². The van der Waals surface area contributed by atoms with E-state index in [4.69, 9.17) is 4.18 Å². The second kappa shape index (κ2) is 7.65. The molecule has 0 spiro atoms. The molecule has 134 valence electrons. The molecule has 2 aromatic carbocycles. The van der Waals surface area contributed by atoms with E-state index in [2.05, 4.69) is 0 Å². The van der Waals surface area contributed by atoms with Gasteiger partial charge < -0.3 is 9.08 Å². The van der Waals surface area contributed by atoms with E-state index >= 15 is 0 Å². The van der Waals surface area contributed by atoms with Crippen LogP contribution in [0.25, 0.3) is 0 Å². The molecule has 5 nitrogen and oxygen atoms in total. The maximum absolute atomic E-state index is 13.0. The van der Waals surface area contributed by atoms with Crippen LogP contribution < -0.4 is 4.18 Å². The van der Waals surface area contributed by atoms with Crippen LogP contribution in [0.3, 0.4) is 0 Å². The third-order valence-corrected chi connectivity index (χ3v) is 3.97. The normalized spacial score (nSPS) is 11.4. The van der Waals surface area contributed by atoms with E-state index in [9.17, 15) is 17.6 Å². The molecule has 25 heavy (non-hydrogen) atoms. The number of hydrogen-bond donors (Lipinski definition) is 0. The van der Waals surface area contributed by atoms with Crippen molar-refractivity contribution in [1.82, 2.24) is 4.90 Å². The summed E-state index contributed by atoms with van der Waals surface area (Å²) in [7, 11) is -3.62. The molecule has 0 aliphatic rings. The average Bonchev–Trinajstić information content (AvgIpc) is 2.51. The fourth-order valence-electron chi connectivity index (χ4n) is 2.31. The van der Waals surface area contributed by atoms with Crippen LogP contribution in [-0.4, -0.2) is 31.5 Å². The van der Waals surface area contributed by atoms with E-state index in [1.165, 1.54) is 30.3 Å². The third-order valence-electron chi connectivity index (χ3n) is 3.47. The fraction of sp³-hybridized carbons (Fsp3) is 0.278. The molecule has 2 rings (SSSR count). The van der Waals surface area contributed by atoms with Crippen molar-refractivity contribution < 1.29 is 21.8 Å². The Morgan fingerprint density at radius 3 is 2.36 bits per heavy atom. The topological polar surface area (TPSA) is 63.7 Å². The standard InChI is InChI=1S/C18H20FNO4S/c1-13(2)20(18(21)15-7-9-16(19)10-8-15)12-14-5-4-6-17(11-14)24-25(3,22)23/h4-11,13H,12H2,1-3H3. The highest BCUT2D eigenvalue weighted by atomic mass is 32.2. The number of benzene rings is 2. The monoisotopic (exact) mass is 365 g/mol. The number of nitrogens with zero attached hydrogens (tertiary/aromatic N) is 1.